The van der Waals surface area contributed by atoms with Crippen LogP contribution >= 0.6 is 0 Å². The molecule has 370 valence electrons. The Balaban J connectivity index is 0.927. The molecule has 0 spiro atoms. The molecule has 0 atom stereocenters. The highest BCUT2D eigenvalue weighted by Crippen LogP contribution is 2.63. The van der Waals surface area contributed by atoms with Gasteiger partial charge in [-0.15, -0.1) is 0 Å². The highest BCUT2D eigenvalue weighted by atomic mass is 16.3. The fraction of sp³-hybridized carbons (Fsp3) is 0.278. The molecule has 8 bridgehead atoms. The van der Waals surface area contributed by atoms with Gasteiger partial charge in [-0.2, -0.15) is 0 Å². The molecule has 12 aromatic rings. The van der Waals surface area contributed by atoms with Gasteiger partial charge >= 0.3 is 6.85 Å². The van der Waals surface area contributed by atoms with E-state index >= 15 is 0 Å². The molecule has 4 nitrogen and oxygen atoms in total. The predicted molar refractivity (Wildman–Crippen MR) is 317 cm³/mol. The van der Waals surface area contributed by atoms with E-state index in [1.807, 2.05) is 0 Å². The number of aromatic nitrogens is 1. The van der Waals surface area contributed by atoms with Crippen molar-refractivity contribution < 1.29 is 8.83 Å². The van der Waals surface area contributed by atoms with E-state index in [9.17, 15) is 0 Å². The van der Waals surface area contributed by atoms with Crippen molar-refractivity contribution in [2.24, 2.45) is 35.5 Å². The first-order valence-corrected chi connectivity index (χ1v) is 29.4. The van der Waals surface area contributed by atoms with Crippen molar-refractivity contribution in [2.75, 3.05) is 4.81 Å². The lowest BCUT2D eigenvalue weighted by Crippen LogP contribution is -2.61. The maximum Gasteiger partial charge on any atom is 0.333 e. The molecule has 5 heterocycles. The van der Waals surface area contributed by atoms with Gasteiger partial charge in [-0.3, -0.25) is 0 Å². The van der Waals surface area contributed by atoms with Crippen molar-refractivity contribution in [1.82, 2.24) is 4.57 Å². The smallest absolute Gasteiger partial charge is 0.333 e. The van der Waals surface area contributed by atoms with Crippen LogP contribution in [0.4, 0.5) is 11.4 Å². The van der Waals surface area contributed by atoms with Crippen LogP contribution in [0, 0.1) is 35.5 Å². The van der Waals surface area contributed by atoms with Gasteiger partial charge in [-0.25, -0.2) is 0 Å². The van der Waals surface area contributed by atoms with Gasteiger partial charge in [0.1, 0.15) is 22.3 Å². The van der Waals surface area contributed by atoms with Crippen LogP contribution in [0.2, 0.25) is 0 Å². The third-order valence-corrected chi connectivity index (χ3v) is 22.2. The zero-order valence-corrected chi connectivity index (χ0v) is 43.3. The Morgan fingerprint density at radius 2 is 1.04 bits per heavy atom. The number of para-hydroxylation sites is 1. The number of nitrogens with zero attached hydrogens (tertiary/aromatic N) is 2. The number of fused-ring (bicyclic) bond motifs is 15. The number of hydrogen-bond acceptors (Lipinski definition) is 3. The zero-order valence-electron chi connectivity index (χ0n) is 43.3. The van der Waals surface area contributed by atoms with Gasteiger partial charge in [0, 0.05) is 66.6 Å². The van der Waals surface area contributed by atoms with Crippen LogP contribution in [0.1, 0.15) is 88.2 Å². The molecule has 8 saturated carbocycles. The van der Waals surface area contributed by atoms with Crippen LogP contribution in [0.25, 0.3) is 104 Å². The van der Waals surface area contributed by atoms with E-state index in [0.29, 0.717) is 5.41 Å². The van der Waals surface area contributed by atoms with Crippen molar-refractivity contribution in [3.8, 4) is 27.9 Å². The maximum atomic E-state index is 7.32. The summed E-state index contributed by atoms with van der Waals surface area (Å²) in [5.41, 5.74) is 21.5. The molecule has 0 radical (unpaired) electrons. The standard InChI is InChI=1S/C72H57BN2O2/c1-2-8-46(9-3-1)47-14-17-52(18-15-47)75-62-33-66-56(55-26-48-10-4-5-11-49(48)27-65(55)76-66)31-59(62)67-68-63(32-58-53-12-6-7-13-64(53)77-70(58)67)74-61-19-16-50(71-34-40-20-41(35-71)22-42(21-40)36-71)28-54(61)57-29-51(30-60(69(57)74)73(68)75)72-37-43-23-44(38-72)25-45(24-43)39-72/h1-19,26-33,40-45H,20-25,34-39H2. The molecule has 0 N–H and O–H groups in total. The quantitative estimate of drug-likeness (QED) is 0.165. The second kappa shape index (κ2) is 14.3. The first kappa shape index (κ1) is 41.6. The largest absolute Gasteiger partial charge is 0.456 e. The summed E-state index contributed by atoms with van der Waals surface area (Å²) in [6, 6.07) is 63.3. The molecule has 10 aliphatic rings. The van der Waals surface area contributed by atoms with Crippen LogP contribution in [-0.2, 0) is 10.8 Å². The number of benzene rings is 9. The van der Waals surface area contributed by atoms with Gasteiger partial charge in [0.15, 0.2) is 0 Å². The van der Waals surface area contributed by atoms with E-state index in [1.165, 1.54) is 165 Å². The number of hydrogen-bond donors (Lipinski definition) is 0. The lowest BCUT2D eigenvalue weighted by Gasteiger charge is -2.57. The van der Waals surface area contributed by atoms with Gasteiger partial charge in [0.25, 0.3) is 0 Å². The van der Waals surface area contributed by atoms with E-state index in [1.54, 1.807) is 11.1 Å². The average molecular weight is 993 g/mol. The highest BCUT2D eigenvalue weighted by molar-refractivity contribution is 6.94. The molecule has 8 aliphatic carbocycles. The van der Waals surface area contributed by atoms with E-state index in [0.717, 1.165) is 74.3 Å². The van der Waals surface area contributed by atoms with Gasteiger partial charge in [0.2, 0.25) is 0 Å². The van der Waals surface area contributed by atoms with Gasteiger partial charge in [-0.05, 0) is 228 Å². The van der Waals surface area contributed by atoms with E-state index in [4.69, 9.17) is 8.83 Å². The summed E-state index contributed by atoms with van der Waals surface area (Å²) in [5, 5.41) is 9.95. The molecule has 0 amide bonds. The van der Waals surface area contributed by atoms with Crippen LogP contribution < -0.4 is 15.7 Å². The minimum absolute atomic E-state index is 0.145. The maximum absolute atomic E-state index is 7.32. The van der Waals surface area contributed by atoms with Crippen LogP contribution in [-0.4, -0.2) is 11.4 Å². The Hall–Kier alpha value is -7.50. The summed E-state index contributed by atoms with van der Waals surface area (Å²) in [6.07, 6.45) is 16.8. The van der Waals surface area contributed by atoms with Gasteiger partial charge in [-0.1, -0.05) is 97.1 Å². The normalized spacial score (nSPS) is 27.2. The Morgan fingerprint density at radius 1 is 0.429 bits per heavy atom. The van der Waals surface area contributed by atoms with Crippen molar-refractivity contribution in [2.45, 2.75) is 87.9 Å². The van der Waals surface area contributed by atoms with Crippen LogP contribution in [0.15, 0.2) is 173 Å². The average Bonchev–Trinajstić information content (AvgIpc) is 4.25. The van der Waals surface area contributed by atoms with Crippen molar-refractivity contribution in [1.29, 1.82) is 0 Å². The molecule has 77 heavy (non-hydrogen) atoms. The van der Waals surface area contributed by atoms with Gasteiger partial charge in [0.05, 0.1) is 11.0 Å². The summed E-state index contributed by atoms with van der Waals surface area (Å²) < 4.78 is 17.1. The lowest BCUT2D eigenvalue weighted by atomic mass is 9.42. The molecular formula is C72H57BN2O2. The van der Waals surface area contributed by atoms with Gasteiger partial charge < -0.3 is 18.2 Å². The van der Waals surface area contributed by atoms with E-state index in [-0.39, 0.29) is 12.3 Å². The van der Waals surface area contributed by atoms with E-state index < -0.39 is 0 Å². The molecule has 5 heteroatoms. The summed E-state index contributed by atoms with van der Waals surface area (Å²) >= 11 is 0. The van der Waals surface area contributed by atoms with Crippen LogP contribution in [0.3, 0.4) is 0 Å². The molecule has 3 aromatic heterocycles. The molecule has 0 unspecified atom stereocenters. The molecule has 9 aromatic carbocycles. The van der Waals surface area contributed by atoms with Crippen LogP contribution in [0.5, 0.6) is 0 Å². The fourth-order valence-electron chi connectivity index (χ4n) is 20.0. The Bertz CT molecular complexity index is 4540. The van der Waals surface area contributed by atoms with Crippen molar-refractivity contribution in [3.63, 3.8) is 0 Å². The third-order valence-electron chi connectivity index (χ3n) is 22.2. The Labute approximate surface area is 447 Å². The SMILES string of the molecule is c1ccc(-c2ccc(N3B4c5c(cc6c(oc7ccccc76)c5-c5cc6c(cc53)oc3cc5ccccc5cc36)-n3c5ccc(C67CC8CC(CC(C8)C6)C7)cc5c5cc(C67CC8CC(CC(C8)C6)C7)cc4c53)cc2)cc1. The van der Waals surface area contributed by atoms with E-state index in [2.05, 4.69) is 173 Å². The third kappa shape index (κ3) is 5.46. The molecular weight excluding hydrogens is 936 g/mol. The predicted octanol–water partition coefficient (Wildman–Crippen LogP) is 17.6. The molecule has 22 rings (SSSR count). The zero-order chi connectivity index (χ0) is 49.6. The number of furan rings is 2. The molecule has 8 fully saturated rings. The topological polar surface area (TPSA) is 34.5 Å². The monoisotopic (exact) mass is 992 g/mol. The summed E-state index contributed by atoms with van der Waals surface area (Å²) in [5.74, 6) is 5.21. The van der Waals surface area contributed by atoms with Crippen molar-refractivity contribution >= 4 is 106 Å². The first-order valence-electron chi connectivity index (χ1n) is 29.4. The lowest BCUT2D eigenvalue weighted by molar-refractivity contribution is -0.00526. The number of anilines is 2. The minimum atomic E-state index is -0.145. The summed E-state index contributed by atoms with van der Waals surface area (Å²) in [4.78, 5) is 2.73. The minimum Gasteiger partial charge on any atom is -0.456 e. The second-order valence-corrected chi connectivity index (χ2v) is 26.4. The summed E-state index contributed by atoms with van der Waals surface area (Å²) in [6.45, 7) is -0.145. The molecule has 0 saturated heterocycles. The first-order chi connectivity index (χ1) is 37.9. The molecule has 2 aliphatic heterocycles. The number of rotatable bonds is 4. The fourth-order valence-corrected chi connectivity index (χ4v) is 20.0. The Morgan fingerprint density at radius 3 is 1.77 bits per heavy atom. The summed E-state index contributed by atoms with van der Waals surface area (Å²) in [7, 11) is 0. The second-order valence-electron chi connectivity index (χ2n) is 26.4. The van der Waals surface area contributed by atoms with Crippen molar-refractivity contribution in [3.05, 3.63) is 175 Å². The highest BCUT2D eigenvalue weighted by Gasteiger charge is 2.54. The Kier molecular flexibility index (Phi) is 7.76.